The van der Waals surface area contributed by atoms with Gasteiger partial charge in [-0.15, -0.1) is 0 Å². The average molecular weight is 512 g/mol. The zero-order valence-corrected chi connectivity index (χ0v) is 21.4. The monoisotopic (exact) mass is 511 g/mol. The van der Waals surface area contributed by atoms with E-state index >= 15 is 0 Å². The van der Waals surface area contributed by atoms with Gasteiger partial charge in [0.15, 0.2) is 5.76 Å². The van der Waals surface area contributed by atoms with Gasteiger partial charge in [0.1, 0.15) is 11.4 Å². The number of carbonyl (C=O) groups is 2. The lowest BCUT2D eigenvalue weighted by Gasteiger charge is -2.14. The Hall–Kier alpha value is -4.46. The van der Waals surface area contributed by atoms with E-state index in [0.29, 0.717) is 35.7 Å². The second-order valence-electron chi connectivity index (χ2n) is 9.28. The Labute approximate surface area is 221 Å². The first-order chi connectivity index (χ1) is 18.5. The summed E-state index contributed by atoms with van der Waals surface area (Å²) >= 11 is 0. The molecule has 2 aromatic heterocycles. The largest absolute Gasteiger partial charge is 0.465 e. The van der Waals surface area contributed by atoms with Gasteiger partial charge in [-0.2, -0.15) is 0 Å². The third-order valence-electron chi connectivity index (χ3n) is 6.73. The number of carbonyl (C=O) groups excluding carboxylic acids is 2. The van der Waals surface area contributed by atoms with E-state index in [2.05, 4.69) is 15.5 Å². The van der Waals surface area contributed by atoms with Gasteiger partial charge >= 0.3 is 12.1 Å². The molecule has 0 unspecified atom stereocenters. The minimum atomic E-state index is -0.575. The number of nitrogens with one attached hydrogen (secondary N) is 1. The molecule has 1 amide bonds. The summed E-state index contributed by atoms with van der Waals surface area (Å²) in [7, 11) is 0. The minimum Gasteiger partial charge on any atom is -0.465 e. The van der Waals surface area contributed by atoms with Crippen molar-refractivity contribution in [2.75, 3.05) is 18.5 Å². The number of nitrogens with zero attached hydrogens (tertiary/aromatic N) is 2. The Morgan fingerprint density at radius 1 is 0.974 bits per heavy atom. The van der Waals surface area contributed by atoms with Gasteiger partial charge < -0.3 is 14.0 Å². The number of aromatic nitrogens is 2. The Morgan fingerprint density at radius 2 is 1.71 bits per heavy atom. The molecule has 1 fully saturated rings. The third kappa shape index (κ3) is 5.29. The molecule has 0 spiro atoms. The molecule has 0 radical (unpaired) electrons. The molecule has 1 N–H and O–H groups in total. The van der Waals surface area contributed by atoms with E-state index in [4.69, 9.17) is 14.0 Å². The summed E-state index contributed by atoms with van der Waals surface area (Å²) in [6.45, 7) is 4.21. The quantitative estimate of drug-likeness (QED) is 0.271. The number of esters is 1. The van der Waals surface area contributed by atoms with Crippen LogP contribution in [0.1, 0.15) is 36.6 Å². The number of hydrogen-bond donors (Lipinski definition) is 1. The first-order valence-electron chi connectivity index (χ1n) is 12.7. The van der Waals surface area contributed by atoms with Crippen LogP contribution in [0.4, 0.5) is 10.5 Å². The van der Waals surface area contributed by atoms with Gasteiger partial charge in [-0.25, -0.2) is 4.79 Å². The van der Waals surface area contributed by atoms with Crippen LogP contribution < -0.4 is 5.32 Å². The van der Waals surface area contributed by atoms with Gasteiger partial charge in [-0.3, -0.25) is 15.1 Å². The highest BCUT2D eigenvalue weighted by molar-refractivity contribution is 5.90. The summed E-state index contributed by atoms with van der Waals surface area (Å²) in [5, 5.41) is 6.76. The Balaban J connectivity index is 1.24. The van der Waals surface area contributed by atoms with Crippen molar-refractivity contribution in [2.45, 2.75) is 38.5 Å². The third-order valence-corrected chi connectivity index (χ3v) is 6.73. The van der Waals surface area contributed by atoms with Crippen LogP contribution in [0, 0.1) is 6.92 Å². The second-order valence-corrected chi connectivity index (χ2v) is 9.28. The molecule has 38 heavy (non-hydrogen) atoms. The molecule has 194 valence electrons. The van der Waals surface area contributed by atoms with Crippen LogP contribution in [0.15, 0.2) is 77.4 Å². The van der Waals surface area contributed by atoms with Crippen LogP contribution in [-0.2, 0) is 26.1 Å². The second kappa shape index (κ2) is 10.9. The molecule has 0 saturated heterocycles. The number of benzene rings is 2. The zero-order chi connectivity index (χ0) is 26.5. The van der Waals surface area contributed by atoms with Gasteiger partial charge in [0.25, 0.3) is 0 Å². The average Bonchev–Trinajstić information content (AvgIpc) is 3.69. The van der Waals surface area contributed by atoms with Crippen molar-refractivity contribution in [1.29, 1.82) is 0 Å². The van der Waals surface area contributed by atoms with Gasteiger partial charge in [0.05, 0.1) is 24.3 Å². The van der Waals surface area contributed by atoms with Crippen molar-refractivity contribution in [3.05, 3.63) is 89.7 Å². The maximum atomic E-state index is 12.4. The molecule has 1 aliphatic carbocycles. The fourth-order valence-electron chi connectivity index (χ4n) is 4.42. The van der Waals surface area contributed by atoms with E-state index in [1.165, 1.54) is 0 Å². The summed E-state index contributed by atoms with van der Waals surface area (Å²) < 4.78 is 16.1. The topological polar surface area (TPSA) is 104 Å². The molecule has 2 heterocycles. The summed E-state index contributed by atoms with van der Waals surface area (Å²) in [6.07, 6.45) is 3.35. The molecule has 0 aliphatic heterocycles. The van der Waals surface area contributed by atoms with Crippen molar-refractivity contribution in [2.24, 2.45) is 0 Å². The summed E-state index contributed by atoms with van der Waals surface area (Å²) in [6, 6.07) is 21.4. The minimum absolute atomic E-state index is 0.151. The number of aryl methyl sites for hydroxylation is 1. The lowest BCUT2D eigenvalue weighted by Crippen LogP contribution is -2.23. The van der Waals surface area contributed by atoms with Gasteiger partial charge in [0.2, 0.25) is 0 Å². The van der Waals surface area contributed by atoms with Crippen LogP contribution in [0.5, 0.6) is 0 Å². The number of rotatable bonds is 9. The van der Waals surface area contributed by atoms with Crippen molar-refractivity contribution in [1.82, 2.24) is 10.1 Å². The SMILES string of the molecule is CCOC(=O)C1(c2ccc(-c3ccc(-c4onc(C)c4NC(=O)OCCc4ccccc4)cn3)cc2)CC1. The van der Waals surface area contributed by atoms with Crippen molar-refractivity contribution < 1.29 is 23.6 Å². The first-order valence-corrected chi connectivity index (χ1v) is 12.7. The van der Waals surface area contributed by atoms with Gasteiger partial charge in [0, 0.05) is 23.7 Å². The fourth-order valence-corrected chi connectivity index (χ4v) is 4.42. The zero-order valence-electron chi connectivity index (χ0n) is 21.4. The number of anilines is 1. The lowest BCUT2D eigenvalue weighted by atomic mass is 9.94. The number of hydrogen-bond acceptors (Lipinski definition) is 7. The molecule has 2 aromatic carbocycles. The summed E-state index contributed by atoms with van der Waals surface area (Å²) in [5.41, 5.74) is 4.92. The highest BCUT2D eigenvalue weighted by Gasteiger charge is 2.52. The van der Waals surface area contributed by atoms with Crippen LogP contribution in [-0.4, -0.2) is 35.4 Å². The molecular formula is C30H29N3O5. The fraction of sp³-hybridized carbons (Fsp3) is 0.267. The van der Waals surface area contributed by atoms with E-state index in [1.54, 1.807) is 13.1 Å². The van der Waals surface area contributed by atoms with Crippen LogP contribution in [0.25, 0.3) is 22.6 Å². The highest BCUT2D eigenvalue weighted by Crippen LogP contribution is 2.49. The molecule has 0 atom stereocenters. The van der Waals surface area contributed by atoms with E-state index in [1.807, 2.05) is 73.7 Å². The van der Waals surface area contributed by atoms with E-state index in [0.717, 1.165) is 35.2 Å². The molecule has 8 heteroatoms. The van der Waals surface area contributed by atoms with Gasteiger partial charge in [-0.1, -0.05) is 59.8 Å². The normalized spacial score (nSPS) is 13.5. The molecule has 1 saturated carbocycles. The summed E-state index contributed by atoms with van der Waals surface area (Å²) in [4.78, 5) is 29.4. The van der Waals surface area contributed by atoms with Gasteiger partial charge in [-0.05, 0) is 49.9 Å². The Bertz CT molecular complexity index is 1410. The smallest absolute Gasteiger partial charge is 0.411 e. The number of ether oxygens (including phenoxy) is 2. The molecule has 0 bridgehead atoms. The standard InChI is InChI=1S/C30H29N3O5/c1-3-36-28(34)30(16-17-30)24-12-9-22(10-13-24)25-14-11-23(19-31-25)27-26(20(2)33-38-27)32-29(35)37-18-15-21-7-5-4-6-8-21/h4-14,19H,3,15-18H2,1-2H3,(H,32,35). The predicted molar refractivity (Wildman–Crippen MR) is 143 cm³/mol. The van der Waals surface area contributed by atoms with Crippen molar-refractivity contribution in [3.8, 4) is 22.6 Å². The maximum Gasteiger partial charge on any atom is 0.411 e. The van der Waals surface area contributed by atoms with Crippen LogP contribution >= 0.6 is 0 Å². The number of pyridine rings is 1. The Kier molecular flexibility index (Phi) is 7.22. The first kappa shape index (κ1) is 25.2. The molecule has 4 aromatic rings. The predicted octanol–water partition coefficient (Wildman–Crippen LogP) is 6.10. The highest BCUT2D eigenvalue weighted by atomic mass is 16.5. The molecular weight excluding hydrogens is 482 g/mol. The summed E-state index contributed by atoms with van der Waals surface area (Å²) in [5.74, 6) is 0.254. The maximum absolute atomic E-state index is 12.4. The lowest BCUT2D eigenvalue weighted by molar-refractivity contribution is -0.146. The van der Waals surface area contributed by atoms with E-state index in [9.17, 15) is 9.59 Å². The number of amides is 1. The van der Waals surface area contributed by atoms with Crippen LogP contribution in [0.3, 0.4) is 0 Å². The van der Waals surface area contributed by atoms with E-state index in [-0.39, 0.29) is 12.6 Å². The molecule has 1 aliphatic rings. The van der Waals surface area contributed by atoms with Crippen LogP contribution in [0.2, 0.25) is 0 Å². The van der Waals surface area contributed by atoms with Crippen molar-refractivity contribution in [3.63, 3.8) is 0 Å². The molecule has 5 rings (SSSR count). The van der Waals surface area contributed by atoms with E-state index < -0.39 is 11.5 Å². The Morgan fingerprint density at radius 3 is 2.37 bits per heavy atom. The van der Waals surface area contributed by atoms with Crippen molar-refractivity contribution >= 4 is 17.7 Å². The molecule has 8 nitrogen and oxygen atoms in total.